The van der Waals surface area contributed by atoms with Gasteiger partial charge in [0.2, 0.25) is 0 Å². The maximum absolute atomic E-state index is 12.8. The molecule has 0 bridgehead atoms. The molecule has 0 atom stereocenters. The van der Waals surface area contributed by atoms with E-state index in [2.05, 4.69) is 25.6 Å². The average Bonchev–Trinajstić information content (AvgIpc) is 2.68. The van der Waals surface area contributed by atoms with Crippen LogP contribution in [-0.4, -0.2) is 47.8 Å². The Hall–Kier alpha value is -2.10. The summed E-state index contributed by atoms with van der Waals surface area (Å²) in [6.07, 6.45) is 0. The predicted octanol–water partition coefficient (Wildman–Crippen LogP) is 2.87. The summed E-state index contributed by atoms with van der Waals surface area (Å²) >= 11 is 3.24. The van der Waals surface area contributed by atoms with Gasteiger partial charge in [-0.2, -0.15) is 0 Å². The molecule has 1 aliphatic rings. The van der Waals surface area contributed by atoms with Gasteiger partial charge in [-0.05, 0) is 42.5 Å². The topological polar surface area (TPSA) is 84.9 Å². The van der Waals surface area contributed by atoms with E-state index in [4.69, 9.17) is 9.47 Å². The number of rotatable bonds is 5. The molecule has 0 aliphatic carbocycles. The van der Waals surface area contributed by atoms with Gasteiger partial charge >= 0.3 is 5.97 Å². The van der Waals surface area contributed by atoms with Crippen LogP contribution in [0, 0.1) is 0 Å². The fourth-order valence-corrected chi connectivity index (χ4v) is 4.37. The third kappa shape index (κ3) is 4.60. The van der Waals surface area contributed by atoms with E-state index >= 15 is 0 Å². The van der Waals surface area contributed by atoms with Crippen LogP contribution in [-0.2, 0) is 19.5 Å². The zero-order valence-corrected chi connectivity index (χ0v) is 17.0. The van der Waals surface area contributed by atoms with E-state index in [0.717, 1.165) is 18.8 Å². The lowest BCUT2D eigenvalue weighted by Crippen LogP contribution is -2.36. The molecule has 1 fully saturated rings. The van der Waals surface area contributed by atoms with Gasteiger partial charge in [0, 0.05) is 28.9 Å². The molecule has 0 saturated carbocycles. The summed E-state index contributed by atoms with van der Waals surface area (Å²) in [5.74, 6) is -0.723. The van der Waals surface area contributed by atoms with Crippen LogP contribution in [0.2, 0.25) is 0 Å². The van der Waals surface area contributed by atoms with Crippen molar-refractivity contribution in [1.82, 2.24) is 0 Å². The number of esters is 1. The van der Waals surface area contributed by atoms with Crippen LogP contribution in [0.1, 0.15) is 10.4 Å². The highest BCUT2D eigenvalue weighted by Gasteiger charge is 2.23. The first kappa shape index (κ1) is 19.7. The second-order valence-electron chi connectivity index (χ2n) is 5.88. The zero-order chi connectivity index (χ0) is 19.4. The summed E-state index contributed by atoms with van der Waals surface area (Å²) in [5.41, 5.74) is 1.37. The molecule has 27 heavy (non-hydrogen) atoms. The Kier molecular flexibility index (Phi) is 6.03. The van der Waals surface area contributed by atoms with Gasteiger partial charge in [-0.15, -0.1) is 0 Å². The lowest BCUT2D eigenvalue weighted by atomic mass is 10.2. The number of halogens is 1. The van der Waals surface area contributed by atoms with Crippen molar-refractivity contribution in [2.75, 3.05) is 43.0 Å². The molecule has 7 nitrogen and oxygen atoms in total. The van der Waals surface area contributed by atoms with Crippen LogP contribution in [0.5, 0.6) is 0 Å². The molecule has 0 aromatic heterocycles. The molecule has 1 aliphatic heterocycles. The average molecular weight is 455 g/mol. The molecule has 2 aromatic rings. The number of nitrogens with zero attached hydrogens (tertiary/aromatic N) is 1. The number of sulfonamides is 1. The van der Waals surface area contributed by atoms with E-state index in [1.165, 1.54) is 19.2 Å². The summed E-state index contributed by atoms with van der Waals surface area (Å²) in [5, 5.41) is 0. The Labute approximate surface area is 166 Å². The van der Waals surface area contributed by atoms with Gasteiger partial charge in [-0.3, -0.25) is 4.72 Å². The minimum Gasteiger partial charge on any atom is -0.465 e. The highest BCUT2D eigenvalue weighted by Crippen LogP contribution is 2.25. The smallest absolute Gasteiger partial charge is 0.339 e. The van der Waals surface area contributed by atoms with Crippen LogP contribution in [0.3, 0.4) is 0 Å². The Bertz CT molecular complexity index is 925. The van der Waals surface area contributed by atoms with Crippen LogP contribution in [0.15, 0.2) is 51.8 Å². The summed E-state index contributed by atoms with van der Waals surface area (Å²) in [6.45, 7) is 2.95. The zero-order valence-electron chi connectivity index (χ0n) is 14.6. The second kappa shape index (κ2) is 8.28. The predicted molar refractivity (Wildman–Crippen MR) is 106 cm³/mol. The van der Waals surface area contributed by atoms with E-state index in [9.17, 15) is 13.2 Å². The molecular weight excluding hydrogens is 436 g/mol. The first-order valence-electron chi connectivity index (χ1n) is 8.24. The molecule has 1 heterocycles. The van der Waals surface area contributed by atoms with E-state index in [1.807, 2.05) is 12.1 Å². The highest BCUT2D eigenvalue weighted by atomic mass is 79.9. The number of morpholine rings is 1. The van der Waals surface area contributed by atoms with E-state index in [0.29, 0.717) is 23.4 Å². The van der Waals surface area contributed by atoms with E-state index in [-0.39, 0.29) is 10.5 Å². The maximum atomic E-state index is 12.8. The molecule has 0 unspecified atom stereocenters. The van der Waals surface area contributed by atoms with Crippen molar-refractivity contribution in [2.24, 2.45) is 0 Å². The van der Waals surface area contributed by atoms with Crippen LogP contribution in [0.4, 0.5) is 11.4 Å². The number of hydrogen-bond donors (Lipinski definition) is 1. The molecule has 0 radical (unpaired) electrons. The van der Waals surface area contributed by atoms with Gasteiger partial charge in [0.15, 0.2) is 0 Å². The molecule has 0 amide bonds. The van der Waals surface area contributed by atoms with Crippen molar-refractivity contribution in [2.45, 2.75) is 4.90 Å². The Morgan fingerprint density at radius 1 is 1.15 bits per heavy atom. The number of benzene rings is 2. The van der Waals surface area contributed by atoms with Crippen LogP contribution in [0.25, 0.3) is 0 Å². The minimum absolute atomic E-state index is 0.0377. The number of carbonyl (C=O) groups is 1. The van der Waals surface area contributed by atoms with Gasteiger partial charge in [-0.1, -0.05) is 15.9 Å². The number of hydrogen-bond acceptors (Lipinski definition) is 6. The minimum atomic E-state index is -3.96. The van der Waals surface area contributed by atoms with Crippen molar-refractivity contribution in [3.05, 3.63) is 52.5 Å². The molecule has 3 rings (SSSR count). The second-order valence-corrected chi connectivity index (χ2v) is 8.45. The van der Waals surface area contributed by atoms with Gasteiger partial charge < -0.3 is 14.4 Å². The molecule has 9 heteroatoms. The van der Waals surface area contributed by atoms with Crippen molar-refractivity contribution in [1.29, 1.82) is 0 Å². The van der Waals surface area contributed by atoms with Crippen molar-refractivity contribution in [3.8, 4) is 0 Å². The first-order chi connectivity index (χ1) is 12.9. The van der Waals surface area contributed by atoms with Crippen LogP contribution >= 0.6 is 15.9 Å². The van der Waals surface area contributed by atoms with Crippen LogP contribution < -0.4 is 9.62 Å². The van der Waals surface area contributed by atoms with E-state index < -0.39 is 16.0 Å². The molecule has 0 spiro atoms. The largest absolute Gasteiger partial charge is 0.465 e. The fourth-order valence-electron chi connectivity index (χ4n) is 2.78. The van der Waals surface area contributed by atoms with Gasteiger partial charge in [-0.25, -0.2) is 13.2 Å². The molecular formula is C18H19BrN2O5S. The number of carbonyl (C=O) groups excluding carboxylic acids is 1. The van der Waals surface area contributed by atoms with Crippen molar-refractivity contribution < 1.29 is 22.7 Å². The van der Waals surface area contributed by atoms with Gasteiger partial charge in [0.25, 0.3) is 10.0 Å². The normalized spacial score (nSPS) is 14.7. The third-order valence-corrected chi connectivity index (χ3v) is 6.06. The molecule has 1 saturated heterocycles. The first-order valence-corrected chi connectivity index (χ1v) is 10.5. The number of methoxy groups -OCH3 is 1. The lowest BCUT2D eigenvalue weighted by molar-refractivity contribution is 0.0596. The summed E-state index contributed by atoms with van der Waals surface area (Å²) < 4.78 is 38.7. The Morgan fingerprint density at radius 3 is 2.44 bits per heavy atom. The highest BCUT2D eigenvalue weighted by molar-refractivity contribution is 9.10. The van der Waals surface area contributed by atoms with E-state index in [1.54, 1.807) is 18.2 Å². The molecule has 1 N–H and O–H groups in total. The Morgan fingerprint density at radius 2 is 1.81 bits per heavy atom. The van der Waals surface area contributed by atoms with Crippen molar-refractivity contribution in [3.63, 3.8) is 0 Å². The summed E-state index contributed by atoms with van der Waals surface area (Å²) in [7, 11) is -2.75. The Balaban J connectivity index is 1.83. The van der Waals surface area contributed by atoms with Gasteiger partial charge in [0.05, 0.1) is 25.9 Å². The fraction of sp³-hybridized carbons (Fsp3) is 0.278. The SMILES string of the molecule is COC(=O)c1cc(Br)ccc1S(=O)(=O)Nc1ccc(N2CCOCC2)cc1. The van der Waals surface area contributed by atoms with Gasteiger partial charge in [0.1, 0.15) is 4.90 Å². The van der Waals surface area contributed by atoms with Crippen molar-refractivity contribution >= 4 is 43.3 Å². The quantitative estimate of drug-likeness (QED) is 0.699. The maximum Gasteiger partial charge on any atom is 0.339 e. The standard InChI is InChI=1S/C18H19BrN2O5S/c1-25-18(22)16-12-13(19)2-7-17(16)27(23,24)20-14-3-5-15(6-4-14)21-8-10-26-11-9-21/h2-7,12,20H,8-11H2,1H3. The third-order valence-electron chi connectivity index (χ3n) is 4.13. The lowest BCUT2D eigenvalue weighted by Gasteiger charge is -2.28. The summed E-state index contributed by atoms with van der Waals surface area (Å²) in [4.78, 5) is 14.0. The summed E-state index contributed by atoms with van der Waals surface area (Å²) in [6, 6.07) is 11.4. The number of anilines is 2. The number of ether oxygens (including phenoxy) is 2. The molecule has 144 valence electrons. The monoisotopic (exact) mass is 454 g/mol. The number of nitrogens with one attached hydrogen (secondary N) is 1. The molecule has 2 aromatic carbocycles.